The number of carbonyl (C=O) groups excluding carboxylic acids is 1. The molecule has 1 fully saturated rings. The van der Waals surface area contributed by atoms with Crippen LogP contribution in [0.2, 0.25) is 0 Å². The predicted molar refractivity (Wildman–Crippen MR) is 96.6 cm³/mol. The lowest BCUT2D eigenvalue weighted by Crippen LogP contribution is -2.32. The van der Waals surface area contributed by atoms with Crippen molar-refractivity contribution in [3.8, 4) is 5.75 Å². The smallest absolute Gasteiger partial charge is 0.258 e. The van der Waals surface area contributed by atoms with Gasteiger partial charge in [-0.2, -0.15) is 0 Å². The number of aromatic nitrogens is 2. The topological polar surface area (TPSA) is 67.4 Å². The van der Waals surface area contributed by atoms with E-state index >= 15 is 0 Å². The summed E-state index contributed by atoms with van der Waals surface area (Å²) in [5.41, 5.74) is 0.868. The maximum atomic E-state index is 13.5. The van der Waals surface area contributed by atoms with Gasteiger partial charge in [0.05, 0.1) is 6.54 Å². The highest BCUT2D eigenvalue weighted by Gasteiger charge is 2.14. The zero-order chi connectivity index (χ0) is 18.4. The number of aryl methyl sites for hydroxylation is 1. The number of rotatable bonds is 6. The molecule has 1 aromatic heterocycles. The molecule has 1 saturated heterocycles. The van der Waals surface area contributed by atoms with Gasteiger partial charge in [0.1, 0.15) is 11.6 Å². The van der Waals surface area contributed by atoms with Crippen LogP contribution >= 0.6 is 0 Å². The summed E-state index contributed by atoms with van der Waals surface area (Å²) >= 11 is 0. The summed E-state index contributed by atoms with van der Waals surface area (Å²) in [4.78, 5) is 23.1. The Bertz CT molecular complexity index is 763. The monoisotopic (exact) mass is 358 g/mol. The lowest BCUT2D eigenvalue weighted by molar-refractivity contribution is -0.123. The molecule has 1 aliphatic heterocycles. The summed E-state index contributed by atoms with van der Waals surface area (Å²) in [5.74, 6) is 0.682. The Hall–Kier alpha value is -2.70. The molecule has 0 spiro atoms. The molecule has 0 atom stereocenters. The molecule has 7 heteroatoms. The minimum absolute atomic E-state index is 0.0573. The highest BCUT2D eigenvalue weighted by molar-refractivity contribution is 5.77. The minimum atomic E-state index is -0.492. The van der Waals surface area contributed by atoms with E-state index in [9.17, 15) is 9.18 Å². The van der Waals surface area contributed by atoms with Gasteiger partial charge < -0.3 is 15.0 Å². The Kier molecular flexibility index (Phi) is 5.99. The molecule has 3 rings (SSSR count). The highest BCUT2D eigenvalue weighted by atomic mass is 19.1. The number of nitrogens with zero attached hydrogens (tertiary/aromatic N) is 3. The van der Waals surface area contributed by atoms with Gasteiger partial charge in [0.25, 0.3) is 5.91 Å². The number of carbonyl (C=O) groups is 1. The number of amides is 1. The molecule has 0 radical (unpaired) electrons. The van der Waals surface area contributed by atoms with E-state index in [0.717, 1.165) is 24.6 Å². The van der Waals surface area contributed by atoms with Crippen LogP contribution in [0.25, 0.3) is 0 Å². The van der Waals surface area contributed by atoms with Crippen molar-refractivity contribution >= 4 is 11.7 Å². The molecular formula is C19H23FN4O2. The number of nitrogens with one attached hydrogen (secondary N) is 1. The average molecular weight is 358 g/mol. The first-order valence-corrected chi connectivity index (χ1v) is 8.85. The van der Waals surface area contributed by atoms with Gasteiger partial charge in [0, 0.05) is 24.8 Å². The van der Waals surface area contributed by atoms with Gasteiger partial charge in [-0.05, 0) is 38.3 Å². The van der Waals surface area contributed by atoms with E-state index in [1.807, 2.05) is 13.0 Å². The zero-order valence-corrected chi connectivity index (χ0v) is 14.9. The number of benzene rings is 1. The number of para-hydroxylation sites is 1. The van der Waals surface area contributed by atoms with E-state index in [1.165, 1.54) is 31.4 Å². The van der Waals surface area contributed by atoms with Crippen LogP contribution in [-0.2, 0) is 11.3 Å². The Morgan fingerprint density at radius 3 is 2.77 bits per heavy atom. The third kappa shape index (κ3) is 4.91. The maximum Gasteiger partial charge on any atom is 0.258 e. The summed E-state index contributed by atoms with van der Waals surface area (Å²) in [6.45, 7) is 3.87. The van der Waals surface area contributed by atoms with Crippen molar-refractivity contribution in [2.45, 2.75) is 32.7 Å². The van der Waals surface area contributed by atoms with Gasteiger partial charge in [-0.15, -0.1) is 0 Å². The second-order valence-corrected chi connectivity index (χ2v) is 6.33. The molecule has 1 amide bonds. The first kappa shape index (κ1) is 18.1. The van der Waals surface area contributed by atoms with Crippen LogP contribution in [0, 0.1) is 12.7 Å². The Morgan fingerprint density at radius 1 is 1.23 bits per heavy atom. The molecule has 0 bridgehead atoms. The Balaban J connectivity index is 1.54. The van der Waals surface area contributed by atoms with Crippen molar-refractivity contribution in [1.82, 2.24) is 15.3 Å². The number of anilines is 1. The predicted octanol–water partition coefficient (Wildman–Crippen LogP) is 2.61. The van der Waals surface area contributed by atoms with Crippen LogP contribution in [0.1, 0.15) is 30.8 Å². The third-order valence-electron chi connectivity index (χ3n) is 4.21. The molecule has 1 N–H and O–H groups in total. The number of ether oxygens (including phenoxy) is 1. The molecule has 2 aromatic rings. The normalized spacial score (nSPS) is 14.2. The lowest BCUT2D eigenvalue weighted by atomic mass is 10.1. The van der Waals surface area contributed by atoms with E-state index < -0.39 is 5.82 Å². The summed E-state index contributed by atoms with van der Waals surface area (Å²) in [6, 6.07) is 7.96. The quantitative estimate of drug-likeness (QED) is 0.860. The van der Waals surface area contributed by atoms with Gasteiger partial charge in [-0.25, -0.2) is 14.4 Å². The zero-order valence-electron chi connectivity index (χ0n) is 14.9. The van der Waals surface area contributed by atoms with E-state index in [-0.39, 0.29) is 24.8 Å². The SMILES string of the molecule is Cc1cc(N2CCCCC2)nc(CNC(=O)COc2ccccc2F)n1. The fraction of sp³-hybridized carbons (Fsp3) is 0.421. The molecule has 1 aliphatic rings. The Morgan fingerprint density at radius 2 is 2.00 bits per heavy atom. The van der Waals surface area contributed by atoms with E-state index in [0.29, 0.717) is 5.82 Å². The molecular weight excluding hydrogens is 335 g/mol. The van der Waals surface area contributed by atoms with Crippen LogP contribution in [0.4, 0.5) is 10.2 Å². The van der Waals surface area contributed by atoms with Crippen molar-refractivity contribution in [1.29, 1.82) is 0 Å². The Labute approximate surface area is 152 Å². The summed E-state index contributed by atoms with van der Waals surface area (Å²) < 4.78 is 18.7. The summed E-state index contributed by atoms with van der Waals surface area (Å²) in [5, 5.41) is 2.72. The first-order chi connectivity index (χ1) is 12.6. The van der Waals surface area contributed by atoms with Crippen molar-refractivity contribution in [2.75, 3.05) is 24.6 Å². The second kappa shape index (κ2) is 8.60. The minimum Gasteiger partial charge on any atom is -0.481 e. The lowest BCUT2D eigenvalue weighted by Gasteiger charge is -2.28. The number of hydrogen-bond acceptors (Lipinski definition) is 5. The van der Waals surface area contributed by atoms with Crippen LogP contribution < -0.4 is 15.0 Å². The van der Waals surface area contributed by atoms with E-state index in [1.54, 1.807) is 12.1 Å². The van der Waals surface area contributed by atoms with Crippen molar-refractivity contribution < 1.29 is 13.9 Å². The largest absolute Gasteiger partial charge is 0.481 e. The van der Waals surface area contributed by atoms with Crippen LogP contribution in [-0.4, -0.2) is 35.6 Å². The fourth-order valence-electron chi connectivity index (χ4n) is 2.91. The van der Waals surface area contributed by atoms with Gasteiger partial charge >= 0.3 is 0 Å². The molecule has 26 heavy (non-hydrogen) atoms. The molecule has 0 aliphatic carbocycles. The molecule has 138 valence electrons. The van der Waals surface area contributed by atoms with Crippen molar-refractivity contribution in [3.63, 3.8) is 0 Å². The number of piperidine rings is 1. The highest BCUT2D eigenvalue weighted by Crippen LogP contribution is 2.18. The fourth-order valence-corrected chi connectivity index (χ4v) is 2.91. The second-order valence-electron chi connectivity index (χ2n) is 6.33. The summed E-state index contributed by atoms with van der Waals surface area (Å²) in [6.07, 6.45) is 3.59. The van der Waals surface area contributed by atoms with Crippen LogP contribution in [0.3, 0.4) is 0 Å². The van der Waals surface area contributed by atoms with E-state index in [4.69, 9.17) is 4.74 Å². The first-order valence-electron chi connectivity index (χ1n) is 8.85. The van der Waals surface area contributed by atoms with Crippen LogP contribution in [0.15, 0.2) is 30.3 Å². The van der Waals surface area contributed by atoms with Gasteiger partial charge in [-0.1, -0.05) is 12.1 Å². The molecule has 0 unspecified atom stereocenters. The van der Waals surface area contributed by atoms with Crippen molar-refractivity contribution in [3.05, 3.63) is 47.7 Å². The molecule has 2 heterocycles. The standard InChI is InChI=1S/C19H23FN4O2/c1-14-11-18(24-9-5-2-6-10-24)23-17(22-14)12-21-19(25)13-26-16-8-4-3-7-15(16)20/h3-4,7-8,11H,2,5-6,9-10,12-13H2,1H3,(H,21,25). The van der Waals surface area contributed by atoms with Gasteiger partial charge in [0.15, 0.2) is 18.2 Å². The number of hydrogen-bond donors (Lipinski definition) is 1. The maximum absolute atomic E-state index is 13.5. The van der Waals surface area contributed by atoms with Gasteiger partial charge in [-0.3, -0.25) is 4.79 Å². The summed E-state index contributed by atoms with van der Waals surface area (Å²) in [7, 11) is 0. The van der Waals surface area contributed by atoms with Crippen LogP contribution in [0.5, 0.6) is 5.75 Å². The molecule has 1 aromatic carbocycles. The van der Waals surface area contributed by atoms with Crippen molar-refractivity contribution in [2.24, 2.45) is 0 Å². The van der Waals surface area contributed by atoms with Gasteiger partial charge in [0.2, 0.25) is 0 Å². The average Bonchev–Trinajstić information content (AvgIpc) is 2.66. The third-order valence-corrected chi connectivity index (χ3v) is 4.21. The molecule has 0 saturated carbocycles. The number of halogens is 1. The van der Waals surface area contributed by atoms with E-state index in [2.05, 4.69) is 20.2 Å². The molecule has 6 nitrogen and oxygen atoms in total.